The third-order valence-corrected chi connectivity index (χ3v) is 0.850. The predicted octanol–water partition coefficient (Wildman–Crippen LogP) is -2.06. The van der Waals surface area contributed by atoms with Gasteiger partial charge < -0.3 is 16.8 Å². The summed E-state index contributed by atoms with van der Waals surface area (Å²) in [6, 6.07) is -0.598. The lowest BCUT2D eigenvalue weighted by Crippen LogP contribution is -2.42. The summed E-state index contributed by atoms with van der Waals surface area (Å²) in [5.74, 6) is -0.951. The lowest BCUT2D eigenvalue weighted by atomic mass is 10.3. The van der Waals surface area contributed by atoms with Gasteiger partial charge in [-0.1, -0.05) is 0 Å². The third kappa shape index (κ3) is 3.85. The van der Waals surface area contributed by atoms with E-state index in [1.165, 1.54) is 6.92 Å². The summed E-state index contributed by atoms with van der Waals surface area (Å²) in [6.07, 6.45) is 0. The molecule has 5 heteroatoms. The summed E-state index contributed by atoms with van der Waals surface area (Å²) in [6.45, 7) is 1.37. The van der Waals surface area contributed by atoms with Gasteiger partial charge in [0.2, 0.25) is 11.8 Å². The number of amides is 2. The van der Waals surface area contributed by atoms with Crippen LogP contribution in [0.3, 0.4) is 0 Å². The van der Waals surface area contributed by atoms with Crippen LogP contribution in [0.2, 0.25) is 0 Å². The minimum absolute atomic E-state index is 0.152. The predicted molar refractivity (Wildman–Crippen MR) is 35.9 cm³/mol. The highest BCUT2D eigenvalue weighted by atomic mass is 16.2. The Morgan fingerprint density at radius 3 is 2.40 bits per heavy atom. The zero-order valence-corrected chi connectivity index (χ0v) is 5.76. The first-order chi connectivity index (χ1) is 4.54. The first-order valence-corrected chi connectivity index (χ1v) is 2.85. The fourth-order valence-electron chi connectivity index (χ4n) is 0.335. The van der Waals surface area contributed by atoms with Gasteiger partial charge in [0.25, 0.3) is 0 Å². The summed E-state index contributed by atoms with van der Waals surface area (Å²) >= 11 is 0. The minimum atomic E-state index is -0.598. The Labute approximate surface area is 58.8 Å². The average molecular weight is 145 g/mol. The molecule has 0 saturated heterocycles. The maximum Gasteiger partial charge on any atom is 0.237 e. The molecule has 0 saturated carbocycles. The van der Waals surface area contributed by atoms with Crippen LogP contribution in [0, 0.1) is 0 Å². The lowest BCUT2D eigenvalue weighted by Gasteiger charge is -2.03. The summed E-state index contributed by atoms with van der Waals surface area (Å²) in [7, 11) is 0. The number of carbonyl (C=O) groups excluding carboxylic acids is 2. The topological polar surface area (TPSA) is 98.2 Å². The fourth-order valence-corrected chi connectivity index (χ4v) is 0.335. The second-order valence-electron chi connectivity index (χ2n) is 1.97. The van der Waals surface area contributed by atoms with Crippen molar-refractivity contribution in [1.29, 1.82) is 0 Å². The molecule has 58 valence electrons. The van der Waals surface area contributed by atoms with Crippen molar-refractivity contribution >= 4 is 11.8 Å². The van der Waals surface area contributed by atoms with Crippen molar-refractivity contribution < 1.29 is 9.59 Å². The SMILES string of the molecule is C[C@@H](N)C(=O)NCC(N)=O. The molecule has 0 fully saturated rings. The zero-order chi connectivity index (χ0) is 8.15. The highest BCUT2D eigenvalue weighted by Gasteiger charge is 2.06. The van der Waals surface area contributed by atoms with Gasteiger partial charge in [-0.2, -0.15) is 0 Å². The Balaban J connectivity index is 3.50. The molecule has 0 rings (SSSR count). The van der Waals surface area contributed by atoms with Crippen molar-refractivity contribution in [1.82, 2.24) is 5.32 Å². The van der Waals surface area contributed by atoms with Crippen LogP contribution in [-0.4, -0.2) is 24.4 Å². The van der Waals surface area contributed by atoms with Gasteiger partial charge in [-0.05, 0) is 6.92 Å². The monoisotopic (exact) mass is 145 g/mol. The first kappa shape index (κ1) is 8.90. The van der Waals surface area contributed by atoms with Crippen LogP contribution in [-0.2, 0) is 9.59 Å². The maximum absolute atomic E-state index is 10.6. The van der Waals surface area contributed by atoms with E-state index in [-0.39, 0.29) is 12.5 Å². The average Bonchev–Trinajstić information content (AvgIpc) is 1.82. The van der Waals surface area contributed by atoms with E-state index in [9.17, 15) is 9.59 Å². The van der Waals surface area contributed by atoms with Crippen molar-refractivity contribution in [2.24, 2.45) is 11.5 Å². The van der Waals surface area contributed by atoms with Crippen LogP contribution in [0.1, 0.15) is 6.92 Å². The van der Waals surface area contributed by atoms with Gasteiger partial charge in [-0.15, -0.1) is 0 Å². The van der Waals surface area contributed by atoms with Crippen molar-refractivity contribution in [3.63, 3.8) is 0 Å². The summed E-state index contributed by atoms with van der Waals surface area (Å²) in [5.41, 5.74) is 9.90. The van der Waals surface area contributed by atoms with Gasteiger partial charge in [0, 0.05) is 0 Å². The molecular weight excluding hydrogens is 134 g/mol. The van der Waals surface area contributed by atoms with Crippen LogP contribution in [0.4, 0.5) is 0 Å². The highest BCUT2D eigenvalue weighted by Crippen LogP contribution is 1.72. The van der Waals surface area contributed by atoms with E-state index in [2.05, 4.69) is 5.32 Å². The van der Waals surface area contributed by atoms with Crippen molar-refractivity contribution in [3.05, 3.63) is 0 Å². The largest absolute Gasteiger partial charge is 0.368 e. The molecule has 1 atom stereocenters. The Morgan fingerprint density at radius 2 is 2.10 bits per heavy atom. The molecule has 0 aromatic carbocycles. The maximum atomic E-state index is 10.6. The minimum Gasteiger partial charge on any atom is -0.368 e. The summed E-state index contributed by atoms with van der Waals surface area (Å²) < 4.78 is 0. The fraction of sp³-hybridized carbons (Fsp3) is 0.600. The molecule has 0 bridgehead atoms. The molecule has 0 aromatic rings. The molecule has 0 aliphatic rings. The van der Waals surface area contributed by atoms with Crippen LogP contribution in [0.15, 0.2) is 0 Å². The number of hydrogen-bond acceptors (Lipinski definition) is 3. The van der Waals surface area contributed by atoms with Crippen molar-refractivity contribution in [3.8, 4) is 0 Å². The lowest BCUT2D eigenvalue weighted by molar-refractivity contribution is -0.125. The molecular formula is C5H11N3O2. The van der Waals surface area contributed by atoms with Crippen molar-refractivity contribution in [2.75, 3.05) is 6.54 Å². The molecule has 0 radical (unpaired) electrons. The van der Waals surface area contributed by atoms with Crippen LogP contribution >= 0.6 is 0 Å². The van der Waals surface area contributed by atoms with Gasteiger partial charge in [0.05, 0.1) is 12.6 Å². The Hall–Kier alpha value is -1.10. The molecule has 0 unspecified atom stereocenters. The number of nitrogens with two attached hydrogens (primary N) is 2. The Kier molecular flexibility index (Phi) is 3.42. The van der Waals surface area contributed by atoms with Crippen LogP contribution in [0.25, 0.3) is 0 Å². The quantitative estimate of drug-likeness (QED) is 0.425. The van der Waals surface area contributed by atoms with Gasteiger partial charge in [0.1, 0.15) is 0 Å². The number of nitrogens with one attached hydrogen (secondary N) is 1. The van der Waals surface area contributed by atoms with E-state index in [1.807, 2.05) is 0 Å². The van der Waals surface area contributed by atoms with Crippen LogP contribution in [0.5, 0.6) is 0 Å². The first-order valence-electron chi connectivity index (χ1n) is 2.85. The molecule has 0 heterocycles. The molecule has 10 heavy (non-hydrogen) atoms. The van der Waals surface area contributed by atoms with E-state index in [0.29, 0.717) is 0 Å². The summed E-state index contributed by atoms with van der Waals surface area (Å²) in [5, 5.41) is 2.24. The zero-order valence-electron chi connectivity index (χ0n) is 5.76. The second kappa shape index (κ2) is 3.84. The van der Waals surface area contributed by atoms with Gasteiger partial charge >= 0.3 is 0 Å². The highest BCUT2D eigenvalue weighted by molar-refractivity contribution is 5.86. The molecule has 5 N–H and O–H groups in total. The Bertz CT molecular complexity index is 144. The molecule has 0 aromatic heterocycles. The van der Waals surface area contributed by atoms with E-state index >= 15 is 0 Å². The molecule has 2 amide bonds. The standard InChI is InChI=1S/C5H11N3O2/c1-3(6)5(10)8-2-4(7)9/h3H,2,6H2,1H3,(H2,7,9)(H,8,10)/t3-/m1/s1. The summed E-state index contributed by atoms with van der Waals surface area (Å²) in [4.78, 5) is 20.7. The van der Waals surface area contributed by atoms with Crippen LogP contribution < -0.4 is 16.8 Å². The number of carbonyl (C=O) groups is 2. The Morgan fingerprint density at radius 1 is 1.60 bits per heavy atom. The van der Waals surface area contributed by atoms with E-state index in [1.54, 1.807) is 0 Å². The smallest absolute Gasteiger partial charge is 0.237 e. The van der Waals surface area contributed by atoms with E-state index < -0.39 is 11.9 Å². The van der Waals surface area contributed by atoms with Gasteiger partial charge in [-0.25, -0.2) is 0 Å². The van der Waals surface area contributed by atoms with E-state index in [4.69, 9.17) is 11.5 Å². The molecule has 0 aliphatic heterocycles. The normalized spacial score (nSPS) is 12.2. The second-order valence-corrected chi connectivity index (χ2v) is 1.97. The van der Waals surface area contributed by atoms with Gasteiger partial charge in [-0.3, -0.25) is 9.59 Å². The molecule has 0 spiro atoms. The van der Waals surface area contributed by atoms with E-state index in [0.717, 1.165) is 0 Å². The number of hydrogen-bond donors (Lipinski definition) is 3. The number of rotatable bonds is 3. The molecule has 0 aliphatic carbocycles. The molecule has 5 nitrogen and oxygen atoms in total. The third-order valence-electron chi connectivity index (χ3n) is 0.850. The number of primary amides is 1. The van der Waals surface area contributed by atoms with Gasteiger partial charge in [0.15, 0.2) is 0 Å². The van der Waals surface area contributed by atoms with Crippen molar-refractivity contribution in [2.45, 2.75) is 13.0 Å².